The van der Waals surface area contributed by atoms with Crippen LogP contribution in [0, 0.1) is 5.41 Å². The minimum atomic E-state index is -0.525. The second-order valence-corrected chi connectivity index (χ2v) is 5.54. The Labute approximate surface area is 149 Å². The second kappa shape index (κ2) is 6.89. The number of hydrogen-bond donors (Lipinski definition) is 5. The van der Waals surface area contributed by atoms with Crippen molar-refractivity contribution in [2.24, 2.45) is 5.73 Å². The third-order valence-corrected chi connectivity index (χ3v) is 3.77. The van der Waals surface area contributed by atoms with Crippen LogP contribution in [-0.4, -0.2) is 22.1 Å². The Balaban J connectivity index is 2.09. The van der Waals surface area contributed by atoms with Gasteiger partial charge in [-0.05, 0) is 35.9 Å². The van der Waals surface area contributed by atoms with Crippen molar-refractivity contribution < 1.29 is 4.79 Å². The van der Waals surface area contributed by atoms with Gasteiger partial charge in [0.25, 0.3) is 0 Å². The Morgan fingerprint density at radius 3 is 2.65 bits per heavy atom. The number of hydrogen-bond acceptors (Lipinski definition) is 7. The zero-order valence-corrected chi connectivity index (χ0v) is 13.7. The lowest BCUT2D eigenvalue weighted by Crippen LogP contribution is -2.10. The van der Waals surface area contributed by atoms with Crippen LogP contribution in [0.25, 0.3) is 11.1 Å². The van der Waals surface area contributed by atoms with Gasteiger partial charge in [0.1, 0.15) is 5.82 Å². The quantitative estimate of drug-likeness (QED) is 0.351. The summed E-state index contributed by atoms with van der Waals surface area (Å²) >= 11 is 0. The molecule has 0 aliphatic heterocycles. The first-order chi connectivity index (χ1) is 12.5. The lowest BCUT2D eigenvalue weighted by molar-refractivity contribution is 0.100. The van der Waals surface area contributed by atoms with Crippen molar-refractivity contribution >= 4 is 35.3 Å². The maximum atomic E-state index is 11.4. The van der Waals surface area contributed by atoms with E-state index in [4.69, 9.17) is 22.6 Å². The molecule has 0 radical (unpaired) electrons. The van der Waals surface area contributed by atoms with Gasteiger partial charge >= 0.3 is 0 Å². The molecule has 2 aromatic carbocycles. The predicted molar refractivity (Wildman–Crippen MR) is 102 cm³/mol. The number of amides is 1. The highest BCUT2D eigenvalue weighted by atomic mass is 16.1. The van der Waals surface area contributed by atoms with Crippen molar-refractivity contribution in [3.05, 3.63) is 59.8 Å². The number of benzene rings is 2. The predicted octanol–water partition coefficient (Wildman–Crippen LogP) is 2.15. The van der Waals surface area contributed by atoms with E-state index in [0.717, 1.165) is 6.21 Å². The third kappa shape index (κ3) is 3.44. The van der Waals surface area contributed by atoms with E-state index in [1.807, 2.05) is 6.07 Å². The fourth-order valence-electron chi connectivity index (χ4n) is 2.54. The van der Waals surface area contributed by atoms with E-state index in [2.05, 4.69) is 15.3 Å². The molecule has 0 atom stereocenters. The Kier molecular flexibility index (Phi) is 4.48. The zero-order chi connectivity index (χ0) is 18.7. The molecule has 0 spiro atoms. The molecule has 1 aromatic heterocycles. The molecule has 0 saturated carbocycles. The number of anilines is 4. The van der Waals surface area contributed by atoms with Gasteiger partial charge in [0.15, 0.2) is 0 Å². The van der Waals surface area contributed by atoms with E-state index in [1.54, 1.807) is 36.4 Å². The van der Waals surface area contributed by atoms with Crippen molar-refractivity contribution in [3.8, 4) is 11.1 Å². The Morgan fingerprint density at radius 2 is 1.96 bits per heavy atom. The molecule has 0 aliphatic carbocycles. The highest BCUT2D eigenvalue weighted by Gasteiger charge is 2.11. The van der Waals surface area contributed by atoms with Crippen molar-refractivity contribution in [2.75, 3.05) is 16.8 Å². The number of nitrogens with zero attached hydrogens (tertiary/aromatic N) is 2. The van der Waals surface area contributed by atoms with E-state index in [9.17, 15) is 4.79 Å². The molecular formula is C18H17N7O. The minimum Gasteiger partial charge on any atom is -0.398 e. The van der Waals surface area contributed by atoms with Crippen molar-refractivity contribution in [3.63, 3.8) is 0 Å². The van der Waals surface area contributed by atoms with Crippen LogP contribution in [-0.2, 0) is 0 Å². The molecule has 0 bridgehead atoms. The van der Waals surface area contributed by atoms with E-state index in [0.29, 0.717) is 39.4 Å². The molecule has 8 N–H and O–H groups in total. The molecule has 1 heterocycles. The first-order valence-corrected chi connectivity index (χ1v) is 7.67. The number of carbonyl (C=O) groups excluding carboxylic acids is 1. The van der Waals surface area contributed by atoms with Gasteiger partial charge in [-0.15, -0.1) is 0 Å². The third-order valence-electron chi connectivity index (χ3n) is 3.77. The summed E-state index contributed by atoms with van der Waals surface area (Å²) in [6.45, 7) is 0. The number of nitrogens with one attached hydrogen (secondary N) is 2. The molecular weight excluding hydrogens is 330 g/mol. The number of aromatic nitrogens is 2. The standard InChI is InChI=1S/C18H17N7O/c19-9-12-7-13(24-15-4-5-23-18(22)25-15)8-14(16(12)20)10-2-1-3-11(6-10)17(21)26/h1-9,19H,20H2,(H2,21,26)(H3,22,23,24,25). The number of rotatable bonds is 5. The molecule has 0 unspecified atom stereocenters. The van der Waals surface area contributed by atoms with E-state index in [-0.39, 0.29) is 5.95 Å². The fourth-order valence-corrected chi connectivity index (χ4v) is 2.54. The van der Waals surface area contributed by atoms with Gasteiger partial charge in [0.2, 0.25) is 11.9 Å². The van der Waals surface area contributed by atoms with Crippen molar-refractivity contribution in [1.29, 1.82) is 5.41 Å². The summed E-state index contributed by atoms with van der Waals surface area (Å²) in [5.41, 5.74) is 20.5. The van der Waals surface area contributed by atoms with Gasteiger partial charge in [-0.3, -0.25) is 4.79 Å². The summed E-state index contributed by atoms with van der Waals surface area (Å²) in [7, 11) is 0. The van der Waals surface area contributed by atoms with Gasteiger partial charge in [-0.25, -0.2) is 4.98 Å². The first-order valence-electron chi connectivity index (χ1n) is 7.67. The average molecular weight is 347 g/mol. The summed E-state index contributed by atoms with van der Waals surface area (Å²) in [6, 6.07) is 12.0. The monoisotopic (exact) mass is 347 g/mol. The molecule has 26 heavy (non-hydrogen) atoms. The number of carbonyl (C=O) groups is 1. The summed E-state index contributed by atoms with van der Waals surface area (Å²) in [5, 5.41) is 10.7. The molecule has 3 aromatic rings. The lowest BCUT2D eigenvalue weighted by Gasteiger charge is -2.14. The van der Waals surface area contributed by atoms with Crippen molar-refractivity contribution in [2.45, 2.75) is 0 Å². The van der Waals surface area contributed by atoms with Gasteiger partial charge in [-0.2, -0.15) is 4.98 Å². The highest BCUT2D eigenvalue weighted by Crippen LogP contribution is 2.33. The molecule has 8 nitrogen and oxygen atoms in total. The molecule has 3 rings (SSSR count). The van der Waals surface area contributed by atoms with Crippen LogP contribution >= 0.6 is 0 Å². The molecule has 8 heteroatoms. The van der Waals surface area contributed by atoms with Gasteiger partial charge < -0.3 is 27.9 Å². The van der Waals surface area contributed by atoms with Gasteiger partial charge in [-0.1, -0.05) is 12.1 Å². The largest absolute Gasteiger partial charge is 0.398 e. The minimum absolute atomic E-state index is 0.145. The van der Waals surface area contributed by atoms with Crippen LogP contribution in [0.4, 0.5) is 23.1 Å². The summed E-state index contributed by atoms with van der Waals surface area (Å²) in [4.78, 5) is 19.4. The summed E-state index contributed by atoms with van der Waals surface area (Å²) in [5.74, 6) is 0.130. The van der Waals surface area contributed by atoms with E-state index in [1.165, 1.54) is 6.20 Å². The lowest BCUT2D eigenvalue weighted by atomic mass is 9.98. The van der Waals surface area contributed by atoms with E-state index < -0.39 is 5.91 Å². The molecule has 0 aliphatic rings. The van der Waals surface area contributed by atoms with Crippen LogP contribution in [0.1, 0.15) is 15.9 Å². The maximum absolute atomic E-state index is 11.4. The van der Waals surface area contributed by atoms with Crippen LogP contribution < -0.4 is 22.5 Å². The molecule has 130 valence electrons. The van der Waals surface area contributed by atoms with Crippen LogP contribution in [0.3, 0.4) is 0 Å². The smallest absolute Gasteiger partial charge is 0.248 e. The Morgan fingerprint density at radius 1 is 1.15 bits per heavy atom. The number of nitrogens with two attached hydrogens (primary N) is 3. The van der Waals surface area contributed by atoms with Gasteiger partial charge in [0, 0.05) is 40.5 Å². The second-order valence-electron chi connectivity index (χ2n) is 5.54. The summed E-state index contributed by atoms with van der Waals surface area (Å²) in [6.07, 6.45) is 2.70. The Bertz CT molecular complexity index is 1000. The highest BCUT2D eigenvalue weighted by molar-refractivity contribution is 5.98. The van der Waals surface area contributed by atoms with Crippen LogP contribution in [0.2, 0.25) is 0 Å². The SMILES string of the molecule is N=Cc1cc(Nc2ccnc(N)n2)cc(-c2cccc(C(N)=O)c2)c1N. The average Bonchev–Trinajstić information content (AvgIpc) is 2.63. The first kappa shape index (κ1) is 16.9. The molecule has 0 fully saturated rings. The van der Waals surface area contributed by atoms with Crippen LogP contribution in [0.5, 0.6) is 0 Å². The van der Waals surface area contributed by atoms with Crippen molar-refractivity contribution in [1.82, 2.24) is 9.97 Å². The summed E-state index contributed by atoms with van der Waals surface area (Å²) < 4.78 is 0. The Hall–Kier alpha value is -3.94. The topological polar surface area (TPSA) is 157 Å². The maximum Gasteiger partial charge on any atom is 0.248 e. The normalized spacial score (nSPS) is 10.3. The van der Waals surface area contributed by atoms with Crippen LogP contribution in [0.15, 0.2) is 48.7 Å². The number of primary amides is 1. The zero-order valence-electron chi connectivity index (χ0n) is 13.7. The number of nitrogen functional groups attached to an aromatic ring is 2. The van der Waals surface area contributed by atoms with Gasteiger partial charge in [0.05, 0.1) is 0 Å². The fraction of sp³-hybridized carbons (Fsp3) is 0. The van der Waals surface area contributed by atoms with E-state index >= 15 is 0 Å². The molecule has 0 saturated heterocycles. The molecule has 1 amide bonds.